The third-order valence-electron chi connectivity index (χ3n) is 1.87. The Hall–Kier alpha value is -1.78. The predicted octanol–water partition coefficient (Wildman–Crippen LogP) is 2.10. The first kappa shape index (κ1) is 12.3. The van der Waals surface area contributed by atoms with Crippen molar-refractivity contribution in [2.45, 2.75) is 13.3 Å². The van der Waals surface area contributed by atoms with E-state index in [4.69, 9.17) is 0 Å². The predicted molar refractivity (Wildman–Crippen MR) is 51.9 cm³/mol. The number of Topliss-reactive ketones (excluding diaryl/α,β-unsaturated/α-hetero) is 1. The molecule has 0 aliphatic carbocycles. The second-order valence-corrected chi connectivity index (χ2v) is 3.14. The van der Waals surface area contributed by atoms with E-state index in [0.717, 1.165) is 12.1 Å². The number of hydrogen-bond acceptors (Lipinski definition) is 3. The van der Waals surface area contributed by atoms with Crippen molar-refractivity contribution in [3.63, 3.8) is 0 Å². The van der Waals surface area contributed by atoms with Crippen molar-refractivity contribution in [3.05, 3.63) is 35.4 Å². The van der Waals surface area contributed by atoms with Gasteiger partial charge in [-0.25, -0.2) is 8.78 Å². The molecule has 0 radical (unpaired) electrons. The summed E-state index contributed by atoms with van der Waals surface area (Å²) in [6.45, 7) is 1.11. The van der Waals surface area contributed by atoms with Crippen LogP contribution in [-0.4, -0.2) is 18.4 Å². The molecule has 0 fully saturated rings. The van der Waals surface area contributed by atoms with Crippen molar-refractivity contribution in [2.24, 2.45) is 0 Å². The lowest BCUT2D eigenvalue weighted by atomic mass is 10.1. The average molecular weight is 228 g/mol. The van der Waals surface area contributed by atoms with Gasteiger partial charge < -0.3 is 4.74 Å². The molecule has 0 N–H and O–H groups in total. The zero-order valence-electron chi connectivity index (χ0n) is 8.63. The molecule has 16 heavy (non-hydrogen) atoms. The Morgan fingerprint density at radius 3 is 2.56 bits per heavy atom. The molecule has 5 heteroatoms. The first-order valence-electron chi connectivity index (χ1n) is 4.62. The Labute approximate surface area is 91.0 Å². The van der Waals surface area contributed by atoms with E-state index < -0.39 is 23.4 Å². The van der Waals surface area contributed by atoms with E-state index in [0.29, 0.717) is 6.07 Å². The van der Waals surface area contributed by atoms with Crippen LogP contribution in [0.1, 0.15) is 23.7 Å². The molecule has 0 aliphatic heterocycles. The van der Waals surface area contributed by atoms with Gasteiger partial charge in [0.2, 0.25) is 0 Å². The van der Waals surface area contributed by atoms with Gasteiger partial charge in [0.05, 0.1) is 12.2 Å². The maximum absolute atomic E-state index is 13.1. The van der Waals surface area contributed by atoms with Gasteiger partial charge in [-0.3, -0.25) is 9.59 Å². The SMILES string of the molecule is CC(=O)OCCC(=O)c1ccc(F)cc1F. The molecule has 0 amide bonds. The molecule has 1 rings (SSSR count). The fourth-order valence-electron chi connectivity index (χ4n) is 1.14. The molecule has 0 aromatic heterocycles. The van der Waals surface area contributed by atoms with Crippen molar-refractivity contribution in [3.8, 4) is 0 Å². The minimum Gasteiger partial charge on any atom is -0.465 e. The van der Waals surface area contributed by atoms with Gasteiger partial charge in [0.1, 0.15) is 11.6 Å². The Kier molecular flexibility index (Phi) is 4.10. The Morgan fingerprint density at radius 1 is 1.31 bits per heavy atom. The van der Waals surface area contributed by atoms with Crippen LogP contribution in [0, 0.1) is 11.6 Å². The highest BCUT2D eigenvalue weighted by atomic mass is 19.1. The highest BCUT2D eigenvalue weighted by Crippen LogP contribution is 2.11. The van der Waals surface area contributed by atoms with Crippen molar-refractivity contribution >= 4 is 11.8 Å². The van der Waals surface area contributed by atoms with Gasteiger partial charge in [0.25, 0.3) is 0 Å². The Bertz CT molecular complexity index is 416. The van der Waals surface area contributed by atoms with E-state index in [1.807, 2.05) is 0 Å². The number of halogens is 2. The molecule has 1 aromatic carbocycles. The van der Waals surface area contributed by atoms with Crippen LogP contribution in [0.5, 0.6) is 0 Å². The van der Waals surface area contributed by atoms with Gasteiger partial charge in [-0.15, -0.1) is 0 Å². The second-order valence-electron chi connectivity index (χ2n) is 3.14. The van der Waals surface area contributed by atoms with Crippen LogP contribution in [0.4, 0.5) is 8.78 Å². The van der Waals surface area contributed by atoms with E-state index in [1.54, 1.807) is 0 Å². The summed E-state index contributed by atoms with van der Waals surface area (Å²) in [4.78, 5) is 21.8. The molecule has 86 valence electrons. The number of ketones is 1. The molecular weight excluding hydrogens is 218 g/mol. The average Bonchev–Trinajstić information content (AvgIpc) is 2.16. The van der Waals surface area contributed by atoms with Crippen molar-refractivity contribution in [2.75, 3.05) is 6.61 Å². The van der Waals surface area contributed by atoms with Crippen LogP contribution >= 0.6 is 0 Å². The molecular formula is C11H10F2O3. The molecule has 0 bridgehead atoms. The van der Waals surface area contributed by atoms with Crippen molar-refractivity contribution in [1.82, 2.24) is 0 Å². The first-order valence-corrected chi connectivity index (χ1v) is 4.62. The molecule has 0 saturated carbocycles. The fourth-order valence-corrected chi connectivity index (χ4v) is 1.14. The number of carbonyl (C=O) groups is 2. The smallest absolute Gasteiger partial charge is 0.302 e. The maximum Gasteiger partial charge on any atom is 0.302 e. The van der Waals surface area contributed by atoms with E-state index in [1.165, 1.54) is 6.92 Å². The minimum atomic E-state index is -0.909. The van der Waals surface area contributed by atoms with Gasteiger partial charge in [-0.2, -0.15) is 0 Å². The van der Waals surface area contributed by atoms with Gasteiger partial charge in [-0.05, 0) is 12.1 Å². The number of benzene rings is 1. The van der Waals surface area contributed by atoms with Crippen LogP contribution in [0.3, 0.4) is 0 Å². The molecule has 0 atom stereocenters. The number of ether oxygens (including phenoxy) is 1. The van der Waals surface area contributed by atoms with E-state index >= 15 is 0 Å². The summed E-state index contributed by atoms with van der Waals surface area (Å²) < 4.78 is 30.2. The lowest BCUT2D eigenvalue weighted by Gasteiger charge is -2.03. The quantitative estimate of drug-likeness (QED) is 0.585. The summed E-state index contributed by atoms with van der Waals surface area (Å²) in [5, 5.41) is 0. The summed E-state index contributed by atoms with van der Waals surface area (Å²) in [6.07, 6.45) is -0.123. The van der Waals surface area contributed by atoms with Crippen LogP contribution in [-0.2, 0) is 9.53 Å². The summed E-state index contributed by atoms with van der Waals surface area (Å²) in [5.74, 6) is -2.69. The Morgan fingerprint density at radius 2 is 2.00 bits per heavy atom. The lowest BCUT2D eigenvalue weighted by Crippen LogP contribution is -2.09. The summed E-state index contributed by atoms with van der Waals surface area (Å²) in [7, 11) is 0. The number of rotatable bonds is 4. The summed E-state index contributed by atoms with van der Waals surface area (Å²) >= 11 is 0. The van der Waals surface area contributed by atoms with E-state index in [9.17, 15) is 18.4 Å². The normalized spacial score (nSPS) is 9.94. The number of hydrogen-bond donors (Lipinski definition) is 0. The molecule has 1 aromatic rings. The monoisotopic (exact) mass is 228 g/mol. The molecule has 0 spiro atoms. The zero-order valence-corrected chi connectivity index (χ0v) is 8.63. The van der Waals surface area contributed by atoms with E-state index in [2.05, 4.69) is 4.74 Å². The Balaban J connectivity index is 2.63. The van der Waals surface area contributed by atoms with Crippen molar-refractivity contribution < 1.29 is 23.1 Å². The molecule has 3 nitrogen and oxygen atoms in total. The lowest BCUT2D eigenvalue weighted by molar-refractivity contribution is -0.140. The highest BCUT2D eigenvalue weighted by Gasteiger charge is 2.12. The number of carbonyl (C=O) groups excluding carboxylic acids is 2. The molecule has 0 unspecified atom stereocenters. The fraction of sp³-hybridized carbons (Fsp3) is 0.273. The van der Waals surface area contributed by atoms with Crippen LogP contribution in [0.15, 0.2) is 18.2 Å². The third kappa shape index (κ3) is 3.42. The molecule has 0 aliphatic rings. The first-order chi connectivity index (χ1) is 7.50. The van der Waals surface area contributed by atoms with Crippen LogP contribution in [0.25, 0.3) is 0 Å². The van der Waals surface area contributed by atoms with Gasteiger partial charge in [0.15, 0.2) is 5.78 Å². The van der Waals surface area contributed by atoms with Gasteiger partial charge >= 0.3 is 5.97 Å². The topological polar surface area (TPSA) is 43.4 Å². The molecule has 0 saturated heterocycles. The number of esters is 1. The zero-order chi connectivity index (χ0) is 12.1. The largest absolute Gasteiger partial charge is 0.465 e. The van der Waals surface area contributed by atoms with Gasteiger partial charge in [0, 0.05) is 19.4 Å². The van der Waals surface area contributed by atoms with E-state index in [-0.39, 0.29) is 18.6 Å². The molecule has 0 heterocycles. The summed E-state index contributed by atoms with van der Waals surface area (Å²) in [6, 6.07) is 2.71. The van der Waals surface area contributed by atoms with Gasteiger partial charge in [-0.1, -0.05) is 0 Å². The third-order valence-corrected chi connectivity index (χ3v) is 1.87. The second kappa shape index (κ2) is 5.34. The summed E-state index contributed by atoms with van der Waals surface area (Å²) in [5.41, 5.74) is -0.200. The highest BCUT2D eigenvalue weighted by molar-refractivity contribution is 5.96. The van der Waals surface area contributed by atoms with Crippen molar-refractivity contribution in [1.29, 1.82) is 0 Å². The van der Waals surface area contributed by atoms with Crippen LogP contribution < -0.4 is 0 Å². The standard InChI is InChI=1S/C11H10F2O3/c1-7(14)16-5-4-11(15)9-3-2-8(12)6-10(9)13/h2-3,6H,4-5H2,1H3. The van der Waals surface area contributed by atoms with Crippen LogP contribution in [0.2, 0.25) is 0 Å². The minimum absolute atomic E-state index is 0.106. The maximum atomic E-state index is 13.1.